The Kier molecular flexibility index (Phi) is 5.17. The van der Waals surface area contributed by atoms with Gasteiger partial charge >= 0.3 is 5.97 Å². The molecule has 18 heavy (non-hydrogen) atoms. The molecule has 0 aromatic rings. The van der Waals surface area contributed by atoms with E-state index in [-0.39, 0.29) is 0 Å². The molecule has 1 heterocycles. The van der Waals surface area contributed by atoms with Crippen LogP contribution >= 0.6 is 0 Å². The molecule has 0 bridgehead atoms. The summed E-state index contributed by atoms with van der Waals surface area (Å²) in [4.78, 5) is 13.5. The van der Waals surface area contributed by atoms with E-state index in [0.29, 0.717) is 18.3 Å². The van der Waals surface area contributed by atoms with Gasteiger partial charge in [-0.1, -0.05) is 20.8 Å². The maximum Gasteiger partial charge on any atom is 0.323 e. The minimum Gasteiger partial charge on any atom is -0.480 e. The zero-order chi connectivity index (χ0) is 13.8. The van der Waals surface area contributed by atoms with Gasteiger partial charge in [-0.15, -0.1) is 0 Å². The van der Waals surface area contributed by atoms with Crippen LogP contribution in [0.3, 0.4) is 0 Å². The predicted molar refractivity (Wildman–Crippen MR) is 73.5 cm³/mol. The Balaban J connectivity index is 2.28. The number of hydrogen-bond acceptors (Lipinski definition) is 3. The van der Waals surface area contributed by atoms with Crippen molar-refractivity contribution >= 4 is 5.97 Å². The van der Waals surface area contributed by atoms with Crippen LogP contribution in [0.2, 0.25) is 0 Å². The van der Waals surface area contributed by atoms with Crippen LogP contribution in [0.4, 0.5) is 0 Å². The first-order chi connectivity index (χ1) is 8.29. The summed E-state index contributed by atoms with van der Waals surface area (Å²) in [6.45, 7) is 9.71. The second kappa shape index (κ2) is 6.02. The summed E-state index contributed by atoms with van der Waals surface area (Å²) in [5, 5.41) is 9.10. The van der Waals surface area contributed by atoms with E-state index in [1.54, 1.807) is 0 Å². The van der Waals surface area contributed by atoms with Crippen molar-refractivity contribution < 1.29 is 9.90 Å². The van der Waals surface area contributed by atoms with E-state index < -0.39 is 11.5 Å². The summed E-state index contributed by atoms with van der Waals surface area (Å²) in [5.41, 5.74) is 5.32. The van der Waals surface area contributed by atoms with Gasteiger partial charge < -0.3 is 15.7 Å². The van der Waals surface area contributed by atoms with Gasteiger partial charge in [-0.2, -0.15) is 0 Å². The SMILES string of the molecule is CCC(N)(CCCN1CCC(C)(C)CC1)C(=O)O. The molecule has 1 aliphatic heterocycles. The molecule has 1 atom stereocenters. The molecule has 0 saturated carbocycles. The Bertz CT molecular complexity index is 282. The molecular formula is C14H28N2O2. The molecule has 4 heteroatoms. The minimum atomic E-state index is -1.03. The summed E-state index contributed by atoms with van der Waals surface area (Å²) < 4.78 is 0. The topological polar surface area (TPSA) is 66.6 Å². The highest BCUT2D eigenvalue weighted by atomic mass is 16.4. The molecule has 0 spiro atoms. The maximum atomic E-state index is 11.1. The van der Waals surface area contributed by atoms with E-state index in [2.05, 4.69) is 18.7 Å². The lowest BCUT2D eigenvalue weighted by Gasteiger charge is -2.37. The highest BCUT2D eigenvalue weighted by molar-refractivity contribution is 5.78. The van der Waals surface area contributed by atoms with E-state index in [9.17, 15) is 4.79 Å². The molecule has 4 nitrogen and oxygen atoms in total. The summed E-state index contributed by atoms with van der Waals surface area (Å²) in [6, 6.07) is 0. The molecule has 3 N–H and O–H groups in total. The zero-order valence-corrected chi connectivity index (χ0v) is 12.0. The van der Waals surface area contributed by atoms with E-state index >= 15 is 0 Å². The van der Waals surface area contributed by atoms with Crippen molar-refractivity contribution in [3.05, 3.63) is 0 Å². The number of aliphatic carboxylic acids is 1. The molecule has 0 amide bonds. The number of hydrogen-bond donors (Lipinski definition) is 2. The number of carboxylic acids is 1. The molecule has 0 aromatic heterocycles. The Morgan fingerprint density at radius 1 is 1.39 bits per heavy atom. The molecule has 1 saturated heterocycles. The van der Waals surface area contributed by atoms with Crippen LogP contribution < -0.4 is 5.73 Å². The second-order valence-corrected chi connectivity index (χ2v) is 6.42. The average molecular weight is 256 g/mol. The van der Waals surface area contributed by atoms with Gasteiger partial charge in [0.25, 0.3) is 0 Å². The van der Waals surface area contributed by atoms with Gasteiger partial charge in [-0.25, -0.2) is 0 Å². The number of nitrogens with two attached hydrogens (primary N) is 1. The first kappa shape index (κ1) is 15.4. The second-order valence-electron chi connectivity index (χ2n) is 6.42. The van der Waals surface area contributed by atoms with E-state index in [0.717, 1.165) is 26.1 Å². The Morgan fingerprint density at radius 2 is 1.94 bits per heavy atom. The fourth-order valence-corrected chi connectivity index (χ4v) is 2.44. The number of piperidine rings is 1. The van der Waals surface area contributed by atoms with Crippen LogP contribution in [-0.4, -0.2) is 41.1 Å². The minimum absolute atomic E-state index is 0.471. The first-order valence-corrected chi connectivity index (χ1v) is 7.04. The van der Waals surface area contributed by atoms with Crippen molar-refractivity contribution in [2.75, 3.05) is 19.6 Å². The fourth-order valence-electron chi connectivity index (χ4n) is 2.44. The fraction of sp³-hybridized carbons (Fsp3) is 0.929. The van der Waals surface area contributed by atoms with Crippen molar-refractivity contribution in [2.45, 2.75) is 58.4 Å². The van der Waals surface area contributed by atoms with Gasteiger partial charge in [0, 0.05) is 0 Å². The maximum absolute atomic E-state index is 11.1. The highest BCUT2D eigenvalue weighted by Gasteiger charge is 2.31. The molecule has 1 rings (SSSR count). The third-order valence-corrected chi connectivity index (χ3v) is 4.36. The van der Waals surface area contributed by atoms with Crippen LogP contribution in [0.15, 0.2) is 0 Å². The third kappa shape index (κ3) is 4.25. The monoisotopic (exact) mass is 256 g/mol. The van der Waals surface area contributed by atoms with Crippen molar-refractivity contribution in [1.29, 1.82) is 0 Å². The van der Waals surface area contributed by atoms with Crippen molar-refractivity contribution in [3.63, 3.8) is 0 Å². The molecule has 0 aliphatic carbocycles. The molecule has 0 aromatic carbocycles. The highest BCUT2D eigenvalue weighted by Crippen LogP contribution is 2.29. The van der Waals surface area contributed by atoms with Crippen LogP contribution in [0.1, 0.15) is 52.9 Å². The average Bonchev–Trinajstić information content (AvgIpc) is 2.31. The van der Waals surface area contributed by atoms with Gasteiger partial charge in [0.1, 0.15) is 5.54 Å². The Hall–Kier alpha value is -0.610. The molecule has 1 unspecified atom stereocenters. The standard InChI is InChI=1S/C14H28N2O2/c1-4-14(15,12(17)18)6-5-9-16-10-7-13(2,3)8-11-16/h4-11,15H2,1-3H3,(H,17,18). The van der Waals surface area contributed by atoms with E-state index in [4.69, 9.17) is 10.8 Å². The summed E-state index contributed by atoms with van der Waals surface area (Å²) in [6.07, 6.45) is 4.39. The lowest BCUT2D eigenvalue weighted by Crippen LogP contribution is -2.48. The normalized spacial score (nSPS) is 23.6. The predicted octanol–water partition coefficient (Wildman–Crippen LogP) is 2.08. The van der Waals surface area contributed by atoms with E-state index in [1.165, 1.54) is 12.8 Å². The van der Waals surface area contributed by atoms with Crippen LogP contribution in [0, 0.1) is 5.41 Å². The number of carbonyl (C=O) groups is 1. The van der Waals surface area contributed by atoms with Crippen molar-refractivity contribution in [2.24, 2.45) is 11.1 Å². The lowest BCUT2D eigenvalue weighted by molar-refractivity contribution is -0.143. The van der Waals surface area contributed by atoms with Gasteiger partial charge in [0.15, 0.2) is 0 Å². The van der Waals surface area contributed by atoms with Gasteiger partial charge in [-0.05, 0) is 57.2 Å². The summed E-state index contributed by atoms with van der Waals surface area (Å²) in [5.74, 6) is -0.871. The van der Waals surface area contributed by atoms with Crippen LogP contribution in [0.25, 0.3) is 0 Å². The molecular weight excluding hydrogens is 228 g/mol. The largest absolute Gasteiger partial charge is 0.480 e. The van der Waals surface area contributed by atoms with Gasteiger partial charge in [0.05, 0.1) is 0 Å². The molecule has 0 radical (unpaired) electrons. The smallest absolute Gasteiger partial charge is 0.323 e. The van der Waals surface area contributed by atoms with E-state index in [1.807, 2.05) is 6.92 Å². The first-order valence-electron chi connectivity index (χ1n) is 7.04. The van der Waals surface area contributed by atoms with Crippen molar-refractivity contribution in [1.82, 2.24) is 4.90 Å². The van der Waals surface area contributed by atoms with Crippen molar-refractivity contribution in [3.8, 4) is 0 Å². The Morgan fingerprint density at radius 3 is 2.39 bits per heavy atom. The molecule has 1 aliphatic rings. The van der Waals surface area contributed by atoms with Crippen LogP contribution in [-0.2, 0) is 4.79 Å². The van der Waals surface area contributed by atoms with Gasteiger partial charge in [0.2, 0.25) is 0 Å². The molecule has 106 valence electrons. The quantitative estimate of drug-likeness (QED) is 0.763. The third-order valence-electron chi connectivity index (χ3n) is 4.36. The van der Waals surface area contributed by atoms with Gasteiger partial charge in [-0.3, -0.25) is 4.79 Å². The lowest BCUT2D eigenvalue weighted by atomic mass is 9.82. The number of nitrogens with zero attached hydrogens (tertiary/aromatic N) is 1. The summed E-state index contributed by atoms with van der Waals surface area (Å²) >= 11 is 0. The number of carboxylic acid groups (broad SMARTS) is 1. The zero-order valence-electron chi connectivity index (χ0n) is 12.0. The summed E-state index contributed by atoms with van der Waals surface area (Å²) in [7, 11) is 0. The number of likely N-dealkylation sites (tertiary alicyclic amines) is 1. The number of rotatable bonds is 6. The Labute approximate surface area is 111 Å². The molecule has 1 fully saturated rings. The van der Waals surface area contributed by atoms with Crippen LogP contribution in [0.5, 0.6) is 0 Å².